The third-order valence-corrected chi connectivity index (χ3v) is 9.03. The summed E-state index contributed by atoms with van der Waals surface area (Å²) in [7, 11) is 0. The van der Waals surface area contributed by atoms with Crippen LogP contribution in [0.15, 0.2) is 84.9 Å². The van der Waals surface area contributed by atoms with Crippen LogP contribution in [0.2, 0.25) is 0 Å². The van der Waals surface area contributed by atoms with Crippen molar-refractivity contribution in [2.45, 2.75) is 105 Å². The highest BCUT2D eigenvalue weighted by Gasteiger charge is 2.46. The molecule has 0 atom stereocenters. The topological polar surface area (TPSA) is 20.2 Å². The van der Waals surface area contributed by atoms with Crippen LogP contribution in [0.5, 0.6) is 0 Å². The molecule has 0 saturated carbocycles. The molecule has 1 nitrogen and oxygen atoms in total. The summed E-state index contributed by atoms with van der Waals surface area (Å²) in [6.45, 7) is 24.6. The Labute approximate surface area is 256 Å². The van der Waals surface area contributed by atoms with E-state index in [0.29, 0.717) is 23.7 Å². The standard InChI is InChI=1S/C41H52O/c1-26(2)30-20-22-32(36(24-30)28(5)6)34-16-12-14-18-38(34)41(42,40(9,10)11)39-19-15-13-17-35(39)33-23-21-31(27(3)4)25-37(33)29(7)8/h12-29,42H,1-11H3. The van der Waals surface area contributed by atoms with Crippen molar-refractivity contribution in [3.63, 3.8) is 0 Å². The minimum absolute atomic E-state index is 0.356. The zero-order valence-electron chi connectivity index (χ0n) is 27.8. The van der Waals surface area contributed by atoms with Crippen LogP contribution >= 0.6 is 0 Å². The van der Waals surface area contributed by atoms with Gasteiger partial charge in [0.05, 0.1) is 0 Å². The SMILES string of the molecule is CC(C)c1ccc(-c2ccccc2C(O)(c2ccccc2-c2ccc(C(C)C)cc2C(C)C)C(C)(C)C)c(C(C)C)c1. The number of hydrogen-bond acceptors (Lipinski definition) is 1. The first-order valence-corrected chi connectivity index (χ1v) is 15.9. The minimum Gasteiger partial charge on any atom is -0.380 e. The molecule has 0 aromatic heterocycles. The summed E-state index contributed by atoms with van der Waals surface area (Å²) in [5.41, 5.74) is 10.1. The lowest BCUT2D eigenvalue weighted by Gasteiger charge is -2.44. The van der Waals surface area contributed by atoms with Crippen molar-refractivity contribution in [3.8, 4) is 22.3 Å². The Balaban J connectivity index is 2.05. The van der Waals surface area contributed by atoms with Gasteiger partial charge in [0.25, 0.3) is 0 Å². The molecule has 0 aliphatic rings. The quantitative estimate of drug-likeness (QED) is 0.227. The first-order chi connectivity index (χ1) is 19.7. The fraction of sp³-hybridized carbons (Fsp3) is 0.415. The molecular weight excluding hydrogens is 508 g/mol. The highest BCUT2D eigenvalue weighted by Crippen LogP contribution is 2.51. The molecule has 1 heteroatoms. The molecule has 0 radical (unpaired) electrons. The van der Waals surface area contributed by atoms with Gasteiger partial charge in [0.1, 0.15) is 5.60 Å². The van der Waals surface area contributed by atoms with Crippen LogP contribution in [0.25, 0.3) is 22.3 Å². The van der Waals surface area contributed by atoms with Gasteiger partial charge in [0, 0.05) is 0 Å². The van der Waals surface area contributed by atoms with Gasteiger partial charge in [-0.2, -0.15) is 0 Å². The van der Waals surface area contributed by atoms with Crippen molar-refractivity contribution in [2.24, 2.45) is 5.41 Å². The molecule has 0 heterocycles. The summed E-state index contributed by atoms with van der Waals surface area (Å²) in [6, 6.07) is 30.9. The van der Waals surface area contributed by atoms with E-state index in [1.165, 1.54) is 33.4 Å². The Morgan fingerprint density at radius 1 is 0.452 bits per heavy atom. The molecule has 0 amide bonds. The molecule has 0 aliphatic heterocycles. The van der Waals surface area contributed by atoms with Gasteiger partial charge in [0.15, 0.2) is 0 Å². The molecular formula is C41H52O. The van der Waals surface area contributed by atoms with Crippen molar-refractivity contribution in [2.75, 3.05) is 0 Å². The summed E-state index contributed by atoms with van der Waals surface area (Å²) in [5.74, 6) is 1.63. The van der Waals surface area contributed by atoms with Gasteiger partial charge in [0.2, 0.25) is 0 Å². The summed E-state index contributed by atoms with van der Waals surface area (Å²) < 4.78 is 0. The number of hydrogen-bond donors (Lipinski definition) is 1. The Hall–Kier alpha value is -3.16. The van der Waals surface area contributed by atoms with Gasteiger partial charge in [-0.05, 0) is 84.7 Å². The lowest BCUT2D eigenvalue weighted by molar-refractivity contribution is -0.0249. The summed E-state index contributed by atoms with van der Waals surface area (Å²) in [6.07, 6.45) is 0. The highest BCUT2D eigenvalue weighted by atomic mass is 16.3. The maximum atomic E-state index is 13.3. The average molecular weight is 561 g/mol. The monoisotopic (exact) mass is 560 g/mol. The van der Waals surface area contributed by atoms with Crippen LogP contribution in [0, 0.1) is 5.41 Å². The number of rotatable bonds is 8. The van der Waals surface area contributed by atoms with Crippen LogP contribution in [0.4, 0.5) is 0 Å². The fourth-order valence-electron chi connectivity index (χ4n) is 6.35. The predicted molar refractivity (Wildman–Crippen MR) is 183 cm³/mol. The largest absolute Gasteiger partial charge is 0.380 e. The fourth-order valence-corrected chi connectivity index (χ4v) is 6.35. The Kier molecular flexibility index (Phi) is 9.24. The second-order valence-corrected chi connectivity index (χ2v) is 14.4. The Bertz CT molecular complexity index is 1420. The van der Waals surface area contributed by atoms with E-state index >= 15 is 0 Å². The molecule has 0 bridgehead atoms. The minimum atomic E-state index is -1.25. The van der Waals surface area contributed by atoms with Crippen molar-refractivity contribution in [3.05, 3.63) is 118 Å². The van der Waals surface area contributed by atoms with E-state index in [0.717, 1.165) is 22.3 Å². The van der Waals surface area contributed by atoms with Gasteiger partial charge < -0.3 is 5.11 Å². The molecule has 0 saturated heterocycles. The van der Waals surface area contributed by atoms with Crippen molar-refractivity contribution in [1.82, 2.24) is 0 Å². The van der Waals surface area contributed by atoms with Crippen molar-refractivity contribution in [1.29, 1.82) is 0 Å². The zero-order chi connectivity index (χ0) is 31.0. The predicted octanol–water partition coefficient (Wildman–Crippen LogP) is 11.8. The Morgan fingerprint density at radius 2 is 0.810 bits per heavy atom. The van der Waals surface area contributed by atoms with E-state index in [1.54, 1.807) is 0 Å². The third-order valence-electron chi connectivity index (χ3n) is 9.03. The average Bonchev–Trinajstić information content (AvgIpc) is 2.95. The van der Waals surface area contributed by atoms with E-state index in [9.17, 15) is 5.11 Å². The third kappa shape index (κ3) is 5.86. The molecule has 0 aliphatic carbocycles. The van der Waals surface area contributed by atoms with E-state index in [4.69, 9.17) is 0 Å². The molecule has 42 heavy (non-hydrogen) atoms. The smallest absolute Gasteiger partial charge is 0.121 e. The van der Waals surface area contributed by atoms with Crippen LogP contribution in [-0.4, -0.2) is 5.11 Å². The number of aliphatic hydroxyl groups is 1. The van der Waals surface area contributed by atoms with Crippen LogP contribution in [0.3, 0.4) is 0 Å². The molecule has 0 spiro atoms. The van der Waals surface area contributed by atoms with E-state index < -0.39 is 11.0 Å². The van der Waals surface area contributed by atoms with E-state index in [-0.39, 0.29) is 0 Å². The summed E-state index contributed by atoms with van der Waals surface area (Å²) in [4.78, 5) is 0. The Morgan fingerprint density at radius 3 is 1.12 bits per heavy atom. The molecule has 4 aromatic rings. The molecule has 0 fully saturated rings. The number of benzene rings is 4. The van der Waals surface area contributed by atoms with Gasteiger partial charge >= 0.3 is 0 Å². The first kappa shape index (κ1) is 31.8. The summed E-state index contributed by atoms with van der Waals surface area (Å²) in [5, 5.41) is 13.3. The zero-order valence-corrected chi connectivity index (χ0v) is 27.8. The maximum Gasteiger partial charge on any atom is 0.121 e. The van der Waals surface area contributed by atoms with Gasteiger partial charge in [-0.1, -0.05) is 161 Å². The second-order valence-electron chi connectivity index (χ2n) is 14.4. The highest BCUT2D eigenvalue weighted by molar-refractivity contribution is 5.78. The second kappa shape index (κ2) is 12.2. The molecule has 4 aromatic carbocycles. The van der Waals surface area contributed by atoms with E-state index in [1.807, 2.05) is 0 Å². The van der Waals surface area contributed by atoms with E-state index in [2.05, 4.69) is 161 Å². The van der Waals surface area contributed by atoms with Gasteiger partial charge in [-0.15, -0.1) is 0 Å². The van der Waals surface area contributed by atoms with Crippen molar-refractivity contribution < 1.29 is 5.11 Å². The molecule has 4 rings (SSSR count). The molecule has 0 unspecified atom stereocenters. The first-order valence-electron chi connectivity index (χ1n) is 15.9. The van der Waals surface area contributed by atoms with Gasteiger partial charge in [-0.25, -0.2) is 0 Å². The lowest BCUT2D eigenvalue weighted by Crippen LogP contribution is -2.42. The normalized spacial score (nSPS) is 12.7. The lowest BCUT2D eigenvalue weighted by atomic mass is 9.65. The molecule has 222 valence electrons. The van der Waals surface area contributed by atoms with Crippen LogP contribution < -0.4 is 0 Å². The molecule has 1 N–H and O–H groups in total. The maximum absolute atomic E-state index is 13.3. The van der Waals surface area contributed by atoms with Crippen LogP contribution in [-0.2, 0) is 5.60 Å². The summed E-state index contributed by atoms with van der Waals surface area (Å²) >= 11 is 0. The van der Waals surface area contributed by atoms with Crippen LogP contribution in [0.1, 0.15) is 133 Å². The van der Waals surface area contributed by atoms with Gasteiger partial charge in [-0.3, -0.25) is 0 Å². The van der Waals surface area contributed by atoms with Crippen molar-refractivity contribution >= 4 is 0 Å².